The Labute approximate surface area is 239 Å². The van der Waals surface area contributed by atoms with Gasteiger partial charge >= 0.3 is 11.9 Å². The summed E-state index contributed by atoms with van der Waals surface area (Å²) in [5, 5.41) is 36.4. The number of aliphatic carboxylic acids is 2. The summed E-state index contributed by atoms with van der Waals surface area (Å²) in [6.07, 6.45) is 0.883. The van der Waals surface area contributed by atoms with Crippen molar-refractivity contribution in [2.45, 2.75) is 43.4 Å². The van der Waals surface area contributed by atoms with Crippen LogP contribution in [0.5, 0.6) is 5.75 Å². The van der Waals surface area contributed by atoms with Crippen molar-refractivity contribution >= 4 is 53.2 Å². The van der Waals surface area contributed by atoms with Crippen LogP contribution < -0.4 is 21.7 Å². The molecule has 9 N–H and O–H groups in total. The van der Waals surface area contributed by atoms with Crippen molar-refractivity contribution in [1.82, 2.24) is 20.9 Å². The zero-order valence-corrected chi connectivity index (χ0v) is 22.6. The third-order valence-electron chi connectivity index (χ3n) is 6.27. The third-order valence-corrected chi connectivity index (χ3v) is 6.63. The zero-order chi connectivity index (χ0) is 30.1. The number of carbonyl (C=O) groups is 5. The number of nitrogens with two attached hydrogens (primary N) is 1. The number of aromatic hydroxyl groups is 1. The molecule has 1 aromatic heterocycles. The molecule has 218 valence electrons. The minimum atomic E-state index is -1.42. The lowest BCUT2D eigenvalue weighted by molar-refractivity contribution is -0.142. The van der Waals surface area contributed by atoms with Crippen LogP contribution in [0.4, 0.5) is 0 Å². The maximum atomic E-state index is 13.4. The number of benzene rings is 2. The van der Waals surface area contributed by atoms with Gasteiger partial charge in [-0.3, -0.25) is 19.2 Å². The number of hydrogen-bond donors (Lipinski definition) is 9. The number of carbonyl (C=O) groups excluding carboxylic acids is 3. The highest BCUT2D eigenvalue weighted by Crippen LogP contribution is 2.19. The van der Waals surface area contributed by atoms with Crippen LogP contribution in [0, 0.1) is 0 Å². The first-order chi connectivity index (χ1) is 19.5. The molecule has 3 amide bonds. The number of aromatic amines is 1. The van der Waals surface area contributed by atoms with Gasteiger partial charge in [0, 0.05) is 35.7 Å². The van der Waals surface area contributed by atoms with Gasteiger partial charge in [0.05, 0.1) is 12.5 Å². The summed E-state index contributed by atoms with van der Waals surface area (Å²) in [4.78, 5) is 64.7. The molecule has 14 heteroatoms. The first-order valence-corrected chi connectivity index (χ1v) is 13.2. The molecule has 1 heterocycles. The van der Waals surface area contributed by atoms with Crippen molar-refractivity contribution < 1.29 is 39.3 Å². The fraction of sp³-hybridized carbons (Fsp3) is 0.296. The number of phenolic OH excluding ortho intramolecular Hbond substituents is 1. The smallest absolute Gasteiger partial charge is 0.326 e. The number of hydrogen-bond acceptors (Lipinski definition) is 8. The summed E-state index contributed by atoms with van der Waals surface area (Å²) in [6.45, 7) is 0. The molecule has 0 aliphatic rings. The van der Waals surface area contributed by atoms with Crippen molar-refractivity contribution in [3.05, 3.63) is 65.9 Å². The third kappa shape index (κ3) is 8.71. The zero-order valence-electron chi connectivity index (χ0n) is 21.7. The summed E-state index contributed by atoms with van der Waals surface area (Å²) in [6, 6.07) is 7.83. The second-order valence-corrected chi connectivity index (χ2v) is 9.71. The molecule has 3 aromatic rings. The molecule has 13 nitrogen and oxygen atoms in total. The van der Waals surface area contributed by atoms with Crippen LogP contribution in [0.3, 0.4) is 0 Å². The summed E-state index contributed by atoms with van der Waals surface area (Å²) < 4.78 is 0. The molecule has 0 aliphatic carbocycles. The van der Waals surface area contributed by atoms with E-state index in [1.807, 2.05) is 24.3 Å². The van der Waals surface area contributed by atoms with Crippen LogP contribution in [-0.2, 0) is 36.8 Å². The molecule has 2 aromatic carbocycles. The number of carboxylic acid groups (broad SMARTS) is 2. The Morgan fingerprint density at radius 3 is 2.07 bits per heavy atom. The Kier molecular flexibility index (Phi) is 10.7. The van der Waals surface area contributed by atoms with Gasteiger partial charge < -0.3 is 42.0 Å². The average molecular weight is 586 g/mol. The Morgan fingerprint density at radius 1 is 0.829 bits per heavy atom. The van der Waals surface area contributed by atoms with Crippen molar-refractivity contribution in [2.24, 2.45) is 5.73 Å². The highest BCUT2D eigenvalue weighted by Gasteiger charge is 2.31. The van der Waals surface area contributed by atoms with Gasteiger partial charge in [0.15, 0.2) is 0 Å². The maximum absolute atomic E-state index is 13.4. The van der Waals surface area contributed by atoms with E-state index in [0.29, 0.717) is 11.1 Å². The van der Waals surface area contributed by atoms with Crippen LogP contribution in [0.2, 0.25) is 0 Å². The van der Waals surface area contributed by atoms with E-state index in [9.17, 15) is 34.2 Å². The fourth-order valence-corrected chi connectivity index (χ4v) is 4.35. The normalized spacial score (nSPS) is 13.9. The monoisotopic (exact) mass is 585 g/mol. The predicted molar refractivity (Wildman–Crippen MR) is 151 cm³/mol. The molecule has 4 unspecified atom stereocenters. The lowest BCUT2D eigenvalue weighted by atomic mass is 10.0. The van der Waals surface area contributed by atoms with E-state index in [0.717, 1.165) is 10.9 Å². The minimum Gasteiger partial charge on any atom is -0.508 e. The standard InChI is InChI=1S/C27H31N5O8S/c28-18(11-23(34)35)24(36)32-22(13-41)26(38)30-20(9-14-5-7-16(33)8-6-14)25(37)31-21(27(39)40)10-15-12-29-19-4-2-1-3-17(15)19/h1-8,12,18,20-22,29,33,41H,9-11,13,28H2,(H,30,38)(H,31,37)(H,32,36)(H,34,35)(H,39,40). The largest absolute Gasteiger partial charge is 0.508 e. The molecule has 3 rings (SSSR count). The SMILES string of the molecule is NC(CC(=O)O)C(=O)NC(CS)C(=O)NC(Cc1ccc(O)cc1)C(=O)NC(Cc1c[nH]c2ccccc12)C(=O)O. The Balaban J connectivity index is 1.79. The van der Waals surface area contributed by atoms with Crippen LogP contribution in [0.15, 0.2) is 54.7 Å². The number of phenols is 1. The number of fused-ring (bicyclic) bond motifs is 1. The maximum Gasteiger partial charge on any atom is 0.326 e. The number of rotatable bonds is 14. The molecule has 0 saturated carbocycles. The van der Waals surface area contributed by atoms with Crippen molar-refractivity contribution in [1.29, 1.82) is 0 Å². The van der Waals surface area contributed by atoms with Crippen molar-refractivity contribution in [3.63, 3.8) is 0 Å². The quantitative estimate of drug-likeness (QED) is 0.115. The summed E-state index contributed by atoms with van der Waals surface area (Å²) in [7, 11) is 0. The van der Waals surface area contributed by atoms with Gasteiger partial charge in [-0.2, -0.15) is 12.6 Å². The average Bonchev–Trinajstić information content (AvgIpc) is 3.34. The summed E-state index contributed by atoms with van der Waals surface area (Å²) in [5.74, 6) is -5.32. The van der Waals surface area contributed by atoms with Crippen LogP contribution in [-0.4, -0.2) is 79.9 Å². The number of nitrogens with one attached hydrogen (secondary N) is 4. The number of amides is 3. The second kappa shape index (κ2) is 14.2. The number of aromatic nitrogens is 1. The minimum absolute atomic E-state index is 0.0148. The van der Waals surface area contributed by atoms with E-state index in [2.05, 4.69) is 33.6 Å². The number of H-pyrrole nitrogens is 1. The molecular weight excluding hydrogens is 554 g/mol. The van der Waals surface area contributed by atoms with Gasteiger partial charge in [-0.15, -0.1) is 0 Å². The Morgan fingerprint density at radius 2 is 1.44 bits per heavy atom. The lowest BCUT2D eigenvalue weighted by Crippen LogP contribution is -2.58. The second-order valence-electron chi connectivity index (χ2n) is 9.34. The number of carboxylic acids is 2. The molecule has 4 atom stereocenters. The van der Waals surface area contributed by atoms with Crippen LogP contribution >= 0.6 is 12.6 Å². The molecule has 0 saturated heterocycles. The van der Waals surface area contributed by atoms with Gasteiger partial charge in [-0.1, -0.05) is 30.3 Å². The number of para-hydroxylation sites is 1. The predicted octanol–water partition coefficient (Wildman–Crippen LogP) is -0.0705. The topological polar surface area (TPSA) is 224 Å². The van der Waals surface area contributed by atoms with E-state index < -0.39 is 60.2 Å². The van der Waals surface area contributed by atoms with E-state index in [1.54, 1.807) is 6.20 Å². The van der Waals surface area contributed by atoms with Crippen molar-refractivity contribution in [3.8, 4) is 5.75 Å². The van der Waals surface area contributed by atoms with Gasteiger partial charge in [-0.05, 0) is 29.3 Å². The molecular formula is C27H31N5O8S. The lowest BCUT2D eigenvalue weighted by Gasteiger charge is -2.24. The Bertz CT molecular complexity index is 1410. The van der Waals surface area contributed by atoms with E-state index in [1.165, 1.54) is 24.3 Å². The first-order valence-electron chi connectivity index (χ1n) is 12.5. The summed E-state index contributed by atoms with van der Waals surface area (Å²) >= 11 is 4.07. The van der Waals surface area contributed by atoms with Gasteiger partial charge in [0.1, 0.15) is 23.9 Å². The highest BCUT2D eigenvalue weighted by molar-refractivity contribution is 7.80. The fourth-order valence-electron chi connectivity index (χ4n) is 4.10. The van der Waals surface area contributed by atoms with E-state index >= 15 is 0 Å². The molecule has 0 spiro atoms. The van der Waals surface area contributed by atoms with Gasteiger partial charge in [-0.25, -0.2) is 4.79 Å². The van der Waals surface area contributed by atoms with Gasteiger partial charge in [0.25, 0.3) is 0 Å². The van der Waals surface area contributed by atoms with E-state index in [4.69, 9.17) is 10.8 Å². The van der Waals surface area contributed by atoms with Crippen LogP contribution in [0.25, 0.3) is 10.9 Å². The van der Waals surface area contributed by atoms with Crippen molar-refractivity contribution in [2.75, 3.05) is 5.75 Å². The highest BCUT2D eigenvalue weighted by atomic mass is 32.1. The number of thiol groups is 1. The first kappa shape index (κ1) is 31.0. The molecule has 0 aliphatic heterocycles. The molecule has 0 fully saturated rings. The molecule has 41 heavy (non-hydrogen) atoms. The van der Waals surface area contributed by atoms with Crippen LogP contribution in [0.1, 0.15) is 17.5 Å². The molecule has 0 bridgehead atoms. The van der Waals surface area contributed by atoms with Gasteiger partial charge in [0.2, 0.25) is 17.7 Å². The van der Waals surface area contributed by atoms with E-state index in [-0.39, 0.29) is 24.3 Å². The Hall–Kier alpha value is -4.56. The summed E-state index contributed by atoms with van der Waals surface area (Å²) in [5.41, 5.74) is 7.58. The molecule has 0 radical (unpaired) electrons.